The lowest BCUT2D eigenvalue weighted by Crippen LogP contribution is -2.25. The van der Waals surface area contributed by atoms with E-state index in [-0.39, 0.29) is 11.6 Å². The molecule has 0 fully saturated rings. The van der Waals surface area contributed by atoms with Gasteiger partial charge in [0, 0.05) is 5.56 Å². The van der Waals surface area contributed by atoms with Crippen LogP contribution in [0.15, 0.2) is 24.3 Å². The van der Waals surface area contributed by atoms with Crippen molar-refractivity contribution in [3.63, 3.8) is 0 Å². The molecule has 1 aromatic rings. The number of rotatable bonds is 4. The van der Waals surface area contributed by atoms with E-state index in [2.05, 4.69) is 0 Å². The Morgan fingerprint density at radius 1 is 1.50 bits per heavy atom. The van der Waals surface area contributed by atoms with Gasteiger partial charge in [0.15, 0.2) is 5.78 Å². The molecule has 0 bridgehead atoms. The Kier molecular flexibility index (Phi) is 3.77. The van der Waals surface area contributed by atoms with E-state index >= 15 is 0 Å². The van der Waals surface area contributed by atoms with E-state index < -0.39 is 0 Å². The number of carbonyl (C=O) groups is 1. The van der Waals surface area contributed by atoms with Gasteiger partial charge in [-0.3, -0.25) is 9.69 Å². The van der Waals surface area contributed by atoms with Gasteiger partial charge in [0.2, 0.25) is 0 Å². The van der Waals surface area contributed by atoms with Crippen LogP contribution in [0.5, 0.6) is 0 Å². The van der Waals surface area contributed by atoms with Crippen molar-refractivity contribution in [2.75, 3.05) is 20.1 Å². The summed E-state index contributed by atoms with van der Waals surface area (Å²) in [5.41, 5.74) is 0.435. The minimum Gasteiger partial charge on any atom is -0.299 e. The highest BCUT2D eigenvalue weighted by molar-refractivity contribution is 5.97. The second-order valence-corrected chi connectivity index (χ2v) is 3.26. The number of carbonyl (C=O) groups excluding carboxylic acids is 1. The Morgan fingerprint density at radius 3 is 2.79 bits per heavy atom. The predicted octanol–water partition coefficient (Wildman–Crippen LogP) is 1.96. The third kappa shape index (κ3) is 2.92. The molecule has 76 valence electrons. The van der Waals surface area contributed by atoms with Crippen LogP contribution < -0.4 is 0 Å². The molecule has 1 rings (SSSR count). The topological polar surface area (TPSA) is 20.3 Å². The number of likely N-dealkylation sites (N-methyl/N-ethyl adjacent to an activating group) is 1. The molecular formula is C11H14FNO. The fourth-order valence-electron chi connectivity index (χ4n) is 1.11. The van der Waals surface area contributed by atoms with Gasteiger partial charge in [-0.2, -0.15) is 0 Å². The summed E-state index contributed by atoms with van der Waals surface area (Å²) in [6.45, 7) is 3.11. The molecule has 0 saturated carbocycles. The number of halogens is 1. The van der Waals surface area contributed by atoms with Gasteiger partial charge in [0.1, 0.15) is 5.82 Å². The van der Waals surface area contributed by atoms with Crippen LogP contribution in [0.25, 0.3) is 0 Å². The van der Waals surface area contributed by atoms with Crippen LogP contribution >= 0.6 is 0 Å². The van der Waals surface area contributed by atoms with E-state index in [1.54, 1.807) is 12.1 Å². The van der Waals surface area contributed by atoms with Gasteiger partial charge >= 0.3 is 0 Å². The van der Waals surface area contributed by atoms with Gasteiger partial charge in [0.05, 0.1) is 6.54 Å². The Balaban J connectivity index is 2.70. The minimum absolute atomic E-state index is 0.0474. The summed E-state index contributed by atoms with van der Waals surface area (Å²) >= 11 is 0. The number of nitrogens with zero attached hydrogens (tertiary/aromatic N) is 1. The van der Waals surface area contributed by atoms with Crippen LogP contribution in [0.2, 0.25) is 0 Å². The van der Waals surface area contributed by atoms with Crippen molar-refractivity contribution in [1.29, 1.82) is 0 Å². The second-order valence-electron chi connectivity index (χ2n) is 3.26. The lowest BCUT2D eigenvalue weighted by molar-refractivity contribution is 0.0948. The van der Waals surface area contributed by atoms with Crippen molar-refractivity contribution in [2.24, 2.45) is 0 Å². The van der Waals surface area contributed by atoms with E-state index in [4.69, 9.17) is 0 Å². The standard InChI is InChI=1S/C11H14FNO/c1-3-13(2)8-11(14)9-5-4-6-10(12)7-9/h4-7H,3,8H2,1-2H3. The molecule has 0 atom stereocenters. The molecule has 2 nitrogen and oxygen atoms in total. The molecule has 0 aliphatic heterocycles. The summed E-state index contributed by atoms with van der Waals surface area (Å²) in [6, 6.07) is 5.79. The summed E-state index contributed by atoms with van der Waals surface area (Å²) in [5.74, 6) is -0.413. The van der Waals surface area contributed by atoms with Crippen LogP contribution in [-0.4, -0.2) is 30.8 Å². The number of benzene rings is 1. The fraction of sp³-hybridized carbons (Fsp3) is 0.364. The quantitative estimate of drug-likeness (QED) is 0.684. The molecule has 1 aromatic carbocycles. The van der Waals surface area contributed by atoms with Gasteiger partial charge in [-0.05, 0) is 25.7 Å². The molecule has 0 aromatic heterocycles. The van der Waals surface area contributed by atoms with Gasteiger partial charge in [-0.1, -0.05) is 19.1 Å². The van der Waals surface area contributed by atoms with Gasteiger partial charge in [-0.25, -0.2) is 4.39 Å². The molecule has 0 N–H and O–H groups in total. The Hall–Kier alpha value is -1.22. The molecule has 0 radical (unpaired) electrons. The van der Waals surface area contributed by atoms with Crippen molar-refractivity contribution in [2.45, 2.75) is 6.92 Å². The van der Waals surface area contributed by atoms with Crippen LogP contribution in [0.3, 0.4) is 0 Å². The maximum Gasteiger partial charge on any atom is 0.176 e. The van der Waals surface area contributed by atoms with Crippen molar-refractivity contribution in [3.05, 3.63) is 35.6 Å². The zero-order valence-corrected chi connectivity index (χ0v) is 8.46. The molecule has 3 heteroatoms. The fourth-order valence-corrected chi connectivity index (χ4v) is 1.11. The zero-order chi connectivity index (χ0) is 10.6. The average Bonchev–Trinajstić information content (AvgIpc) is 2.17. The molecule has 14 heavy (non-hydrogen) atoms. The van der Waals surface area contributed by atoms with Crippen LogP contribution in [0.4, 0.5) is 4.39 Å². The third-order valence-corrected chi connectivity index (χ3v) is 2.10. The SMILES string of the molecule is CCN(C)CC(=O)c1cccc(F)c1. The maximum absolute atomic E-state index is 12.8. The molecule has 0 saturated heterocycles. The second kappa shape index (κ2) is 4.86. The summed E-state index contributed by atoms with van der Waals surface area (Å²) in [7, 11) is 1.86. The first kappa shape index (κ1) is 10.9. The molecule has 0 unspecified atom stereocenters. The Bertz CT molecular complexity index is 325. The van der Waals surface area contributed by atoms with Gasteiger partial charge in [0.25, 0.3) is 0 Å². The highest BCUT2D eigenvalue weighted by Crippen LogP contribution is 2.04. The van der Waals surface area contributed by atoms with Crippen molar-refractivity contribution < 1.29 is 9.18 Å². The molecule has 0 aliphatic carbocycles. The summed E-state index contributed by atoms with van der Waals surface area (Å²) in [4.78, 5) is 13.4. The van der Waals surface area contributed by atoms with Crippen molar-refractivity contribution in [3.8, 4) is 0 Å². The molecular weight excluding hydrogens is 181 g/mol. The lowest BCUT2D eigenvalue weighted by Gasteiger charge is -2.12. The highest BCUT2D eigenvalue weighted by atomic mass is 19.1. The number of ketones is 1. The smallest absolute Gasteiger partial charge is 0.176 e. The van der Waals surface area contributed by atoms with E-state index in [1.165, 1.54) is 12.1 Å². The average molecular weight is 195 g/mol. The van der Waals surface area contributed by atoms with E-state index in [1.807, 2.05) is 18.9 Å². The zero-order valence-electron chi connectivity index (χ0n) is 8.46. The van der Waals surface area contributed by atoms with Crippen LogP contribution in [0, 0.1) is 5.82 Å². The number of hydrogen-bond acceptors (Lipinski definition) is 2. The van der Waals surface area contributed by atoms with Crippen LogP contribution in [-0.2, 0) is 0 Å². The van der Waals surface area contributed by atoms with Gasteiger partial charge in [-0.15, -0.1) is 0 Å². The van der Waals surface area contributed by atoms with Gasteiger partial charge < -0.3 is 0 Å². The largest absolute Gasteiger partial charge is 0.299 e. The summed E-state index contributed by atoms with van der Waals surface area (Å²) in [5, 5.41) is 0. The predicted molar refractivity (Wildman–Crippen MR) is 53.9 cm³/mol. The van der Waals surface area contributed by atoms with Crippen molar-refractivity contribution >= 4 is 5.78 Å². The van der Waals surface area contributed by atoms with Crippen molar-refractivity contribution in [1.82, 2.24) is 4.90 Å². The Morgan fingerprint density at radius 2 is 2.21 bits per heavy atom. The summed E-state index contributed by atoms with van der Waals surface area (Å²) < 4.78 is 12.8. The normalized spacial score (nSPS) is 10.6. The first-order valence-electron chi connectivity index (χ1n) is 4.60. The van der Waals surface area contributed by atoms with E-state index in [0.717, 1.165) is 6.54 Å². The monoisotopic (exact) mass is 195 g/mol. The molecule has 0 aliphatic rings. The lowest BCUT2D eigenvalue weighted by atomic mass is 10.1. The third-order valence-electron chi connectivity index (χ3n) is 2.10. The molecule has 0 heterocycles. The van der Waals surface area contributed by atoms with E-state index in [0.29, 0.717) is 12.1 Å². The Labute approximate surface area is 83.3 Å². The summed E-state index contributed by atoms with van der Waals surface area (Å²) in [6.07, 6.45) is 0. The van der Waals surface area contributed by atoms with Crippen LogP contribution in [0.1, 0.15) is 17.3 Å². The number of hydrogen-bond donors (Lipinski definition) is 0. The first-order valence-corrected chi connectivity index (χ1v) is 4.60. The van der Waals surface area contributed by atoms with E-state index in [9.17, 15) is 9.18 Å². The highest BCUT2D eigenvalue weighted by Gasteiger charge is 2.08. The number of Topliss-reactive ketones (excluding diaryl/α,β-unsaturated/α-hetero) is 1. The molecule has 0 spiro atoms. The maximum atomic E-state index is 12.8. The first-order chi connectivity index (χ1) is 6.63. The minimum atomic E-state index is -0.366. The molecule has 0 amide bonds.